The van der Waals surface area contributed by atoms with Crippen molar-refractivity contribution in [1.82, 2.24) is 28.4 Å². The fourth-order valence-electron chi connectivity index (χ4n) is 7.32. The van der Waals surface area contributed by atoms with E-state index in [0.29, 0.717) is 46.1 Å². The van der Waals surface area contributed by atoms with Gasteiger partial charge in [0.2, 0.25) is 0 Å². The molecule has 1 atom stereocenters. The third-order valence-corrected chi connectivity index (χ3v) is 9.61. The molecular weight excluding hydrogens is 639 g/mol. The maximum atomic E-state index is 13.8. The van der Waals surface area contributed by atoms with Gasteiger partial charge in [-0.15, -0.1) is 0 Å². The first-order valence-electron chi connectivity index (χ1n) is 16.2. The number of aryl methyl sites for hydroxylation is 1. The van der Waals surface area contributed by atoms with Crippen molar-refractivity contribution in [3.63, 3.8) is 0 Å². The highest BCUT2D eigenvalue weighted by Crippen LogP contribution is 2.37. The Bertz CT molecular complexity index is 2200. The fraction of sp³-hybridized carbons (Fsp3) is 0.361. The first-order valence-corrected chi connectivity index (χ1v) is 16.2. The number of aromatic nitrogens is 5. The standard InChI is InChI=1S/C36H39N9O3.H2S/c1-23-20-42(10-8-37)11-12-43(23)26-5-6-32(39-19-26)40-29-15-25(21-41(4)34(29)47)27-7-9-38-33(28(27)22-46)45-14-13-44-30(35(45)48)16-24-17-36(2,3)18-31(24)44;/h5-7,9,13-16,19,21,23,46H,10-12,17-18,20,22H2,1-4H3,(H,39,40);1H2/t23-;/m0./s1. The van der Waals surface area contributed by atoms with Gasteiger partial charge in [0.05, 0.1) is 31.1 Å². The molecule has 0 aromatic carbocycles. The molecule has 2 aliphatic rings. The minimum Gasteiger partial charge on any atom is -0.392 e. The van der Waals surface area contributed by atoms with Gasteiger partial charge >= 0.3 is 0 Å². The summed E-state index contributed by atoms with van der Waals surface area (Å²) in [6.45, 7) is 9.09. The number of fused-ring (bicyclic) bond motifs is 3. The third-order valence-electron chi connectivity index (χ3n) is 9.61. The number of rotatable bonds is 7. The summed E-state index contributed by atoms with van der Waals surface area (Å²) in [5, 5.41) is 22.8. The molecule has 1 fully saturated rings. The molecule has 6 heterocycles. The number of nitrogens with zero attached hydrogens (tertiary/aromatic N) is 8. The zero-order valence-electron chi connectivity index (χ0n) is 28.1. The lowest BCUT2D eigenvalue weighted by Crippen LogP contribution is -2.52. The molecule has 0 amide bonds. The molecule has 0 bridgehead atoms. The van der Waals surface area contributed by atoms with E-state index in [0.717, 1.165) is 38.2 Å². The summed E-state index contributed by atoms with van der Waals surface area (Å²) >= 11 is 0. The van der Waals surface area contributed by atoms with Crippen molar-refractivity contribution in [3.05, 3.63) is 98.8 Å². The molecule has 12 nitrogen and oxygen atoms in total. The van der Waals surface area contributed by atoms with E-state index in [1.54, 1.807) is 44.0 Å². The number of hydrogen-bond acceptors (Lipinski definition) is 9. The molecule has 1 aliphatic heterocycles. The van der Waals surface area contributed by atoms with Crippen LogP contribution in [0.2, 0.25) is 0 Å². The molecule has 0 unspecified atom stereocenters. The van der Waals surface area contributed by atoms with Crippen LogP contribution in [-0.2, 0) is 26.5 Å². The van der Waals surface area contributed by atoms with Crippen LogP contribution in [-0.4, -0.2) is 65.7 Å². The van der Waals surface area contributed by atoms with Gasteiger partial charge in [0, 0.05) is 74.3 Å². The Morgan fingerprint density at radius 3 is 2.61 bits per heavy atom. The van der Waals surface area contributed by atoms with E-state index in [-0.39, 0.29) is 42.7 Å². The van der Waals surface area contributed by atoms with Crippen molar-refractivity contribution in [2.24, 2.45) is 12.5 Å². The minimum atomic E-state index is -0.361. The topological polar surface area (TPSA) is 137 Å². The molecule has 49 heavy (non-hydrogen) atoms. The lowest BCUT2D eigenvalue weighted by molar-refractivity contribution is 0.253. The average Bonchev–Trinajstić information content (AvgIpc) is 3.56. The number of anilines is 3. The van der Waals surface area contributed by atoms with Gasteiger partial charge in [-0.25, -0.2) is 9.97 Å². The Hall–Kier alpha value is -4.90. The number of nitrogens with one attached hydrogen (secondary N) is 1. The highest BCUT2D eigenvalue weighted by Gasteiger charge is 2.32. The van der Waals surface area contributed by atoms with Crippen LogP contribution in [0.5, 0.6) is 0 Å². The highest BCUT2D eigenvalue weighted by atomic mass is 32.1. The molecule has 13 heteroatoms. The molecular formula is C36H41N9O3S. The minimum absolute atomic E-state index is 0. The fourth-order valence-corrected chi connectivity index (χ4v) is 7.32. The van der Waals surface area contributed by atoms with Gasteiger partial charge < -0.3 is 24.3 Å². The maximum Gasteiger partial charge on any atom is 0.280 e. The van der Waals surface area contributed by atoms with Gasteiger partial charge in [-0.05, 0) is 66.6 Å². The van der Waals surface area contributed by atoms with E-state index >= 15 is 0 Å². The number of aliphatic hydroxyl groups excluding tert-OH is 1. The van der Waals surface area contributed by atoms with Crippen LogP contribution in [0.1, 0.15) is 37.6 Å². The van der Waals surface area contributed by atoms with Crippen LogP contribution in [0, 0.1) is 16.7 Å². The smallest absolute Gasteiger partial charge is 0.280 e. The van der Waals surface area contributed by atoms with Gasteiger partial charge in [-0.1, -0.05) is 13.8 Å². The molecule has 1 saturated heterocycles. The molecule has 5 aromatic heterocycles. The zero-order chi connectivity index (χ0) is 33.7. The van der Waals surface area contributed by atoms with Crippen molar-refractivity contribution >= 4 is 36.2 Å². The lowest BCUT2D eigenvalue weighted by Gasteiger charge is -2.40. The monoisotopic (exact) mass is 679 g/mol. The van der Waals surface area contributed by atoms with Crippen LogP contribution >= 0.6 is 13.5 Å². The van der Waals surface area contributed by atoms with Gasteiger partial charge in [-0.2, -0.15) is 18.8 Å². The van der Waals surface area contributed by atoms with Gasteiger partial charge in [0.25, 0.3) is 11.1 Å². The van der Waals surface area contributed by atoms with Gasteiger partial charge in [0.1, 0.15) is 22.8 Å². The largest absolute Gasteiger partial charge is 0.392 e. The summed E-state index contributed by atoms with van der Waals surface area (Å²) in [6.07, 6.45) is 10.5. The maximum absolute atomic E-state index is 13.8. The average molecular weight is 680 g/mol. The van der Waals surface area contributed by atoms with Crippen LogP contribution in [0.4, 0.5) is 17.2 Å². The second-order valence-electron chi connectivity index (χ2n) is 13.7. The van der Waals surface area contributed by atoms with Crippen LogP contribution < -0.4 is 21.3 Å². The Balaban J connectivity index is 0.00000417. The number of hydrogen-bond donors (Lipinski definition) is 2. The number of pyridine rings is 3. The summed E-state index contributed by atoms with van der Waals surface area (Å²) in [5.74, 6) is 0.858. The molecule has 0 radical (unpaired) electrons. The highest BCUT2D eigenvalue weighted by molar-refractivity contribution is 7.59. The summed E-state index contributed by atoms with van der Waals surface area (Å²) < 4.78 is 4.95. The van der Waals surface area contributed by atoms with Crippen molar-refractivity contribution < 1.29 is 5.11 Å². The van der Waals surface area contributed by atoms with Crippen molar-refractivity contribution in [2.75, 3.05) is 36.4 Å². The first kappa shape index (κ1) is 34.0. The molecule has 7 rings (SSSR count). The number of aliphatic hydroxyl groups is 1. The van der Waals surface area contributed by atoms with E-state index in [4.69, 9.17) is 5.26 Å². The second-order valence-corrected chi connectivity index (χ2v) is 13.7. The Labute approximate surface area is 291 Å². The SMILES string of the molecule is C[C@H]1CN(CC#N)CCN1c1ccc(Nc2cc(-c3ccnc(-n4ccn5c6c(cc5c4=O)CC(C)(C)C6)c3CO)cn(C)c2=O)nc1.S. The molecule has 5 aromatic rings. The molecule has 1 aliphatic carbocycles. The van der Waals surface area contributed by atoms with E-state index in [2.05, 4.69) is 51.9 Å². The first-order chi connectivity index (χ1) is 23.1. The van der Waals surface area contributed by atoms with Gasteiger partial charge in [-0.3, -0.25) is 19.1 Å². The summed E-state index contributed by atoms with van der Waals surface area (Å²) in [4.78, 5) is 40.6. The van der Waals surface area contributed by atoms with Gasteiger partial charge in [0.15, 0.2) is 0 Å². The van der Waals surface area contributed by atoms with Crippen LogP contribution in [0.3, 0.4) is 0 Å². The lowest BCUT2D eigenvalue weighted by atomic mass is 9.90. The molecule has 0 spiro atoms. The van der Waals surface area contributed by atoms with E-state index in [1.165, 1.54) is 20.4 Å². The van der Waals surface area contributed by atoms with Crippen molar-refractivity contribution in [3.8, 4) is 23.0 Å². The summed E-state index contributed by atoms with van der Waals surface area (Å²) in [7, 11) is 1.67. The van der Waals surface area contributed by atoms with E-state index < -0.39 is 0 Å². The van der Waals surface area contributed by atoms with E-state index in [1.807, 2.05) is 28.8 Å². The Kier molecular flexibility index (Phi) is 9.15. The van der Waals surface area contributed by atoms with Crippen molar-refractivity contribution in [2.45, 2.75) is 46.3 Å². The third kappa shape index (κ3) is 6.23. The second kappa shape index (κ2) is 13.2. The predicted octanol–water partition coefficient (Wildman–Crippen LogP) is 3.75. The number of piperazine rings is 1. The quantitative estimate of drug-likeness (QED) is 0.247. The predicted molar refractivity (Wildman–Crippen MR) is 195 cm³/mol. The summed E-state index contributed by atoms with van der Waals surface area (Å²) in [6, 6.07) is 11.8. The number of nitriles is 1. The van der Waals surface area contributed by atoms with Crippen molar-refractivity contribution in [1.29, 1.82) is 5.26 Å². The molecule has 254 valence electrons. The van der Waals surface area contributed by atoms with Crippen LogP contribution in [0.25, 0.3) is 22.5 Å². The normalized spacial score (nSPS) is 17.1. The molecule has 2 N–H and O–H groups in total. The van der Waals surface area contributed by atoms with Crippen LogP contribution in [0.15, 0.2) is 70.9 Å². The van der Waals surface area contributed by atoms with E-state index in [9.17, 15) is 14.7 Å². The zero-order valence-corrected chi connectivity index (χ0v) is 29.1. The Morgan fingerprint density at radius 1 is 1.08 bits per heavy atom. The Morgan fingerprint density at radius 2 is 1.90 bits per heavy atom. The molecule has 0 saturated carbocycles. The summed E-state index contributed by atoms with van der Waals surface area (Å²) in [5.41, 5.74) is 5.75.